The van der Waals surface area contributed by atoms with Gasteiger partial charge in [-0.1, -0.05) is 5.92 Å². The van der Waals surface area contributed by atoms with Gasteiger partial charge in [0.05, 0.1) is 6.54 Å². The van der Waals surface area contributed by atoms with Gasteiger partial charge in [-0.3, -0.25) is 14.9 Å². The number of nitrogens with zero attached hydrogens (tertiary/aromatic N) is 1. The maximum absolute atomic E-state index is 11.5. The fourth-order valence-corrected chi connectivity index (χ4v) is 1.26. The van der Waals surface area contributed by atoms with E-state index in [4.69, 9.17) is 11.5 Å². The number of rotatable bonds is 7. The van der Waals surface area contributed by atoms with Crippen LogP contribution < -0.4 is 5.32 Å². The molecule has 100 valence electrons. The van der Waals surface area contributed by atoms with Gasteiger partial charge in [0, 0.05) is 19.4 Å². The zero-order chi connectivity index (χ0) is 14.0. The number of nitrogens with one attached hydrogen (secondary N) is 1. The summed E-state index contributed by atoms with van der Waals surface area (Å²) in [5.74, 6) is 1.02. The summed E-state index contributed by atoms with van der Waals surface area (Å²) >= 11 is 0. The molecule has 3 amide bonds. The van der Waals surface area contributed by atoms with Crippen LogP contribution in [0.3, 0.4) is 0 Å². The summed E-state index contributed by atoms with van der Waals surface area (Å²) in [7, 11) is 0. The van der Waals surface area contributed by atoms with Crippen molar-refractivity contribution in [3.05, 3.63) is 0 Å². The Kier molecular flexibility index (Phi) is 8.03. The molecule has 0 radical (unpaired) electrons. The highest BCUT2D eigenvalue weighted by molar-refractivity contribution is 5.94. The molecule has 6 nitrogen and oxygen atoms in total. The van der Waals surface area contributed by atoms with Crippen LogP contribution in [0, 0.1) is 12.3 Å². The lowest BCUT2D eigenvalue weighted by Crippen LogP contribution is -2.42. The van der Waals surface area contributed by atoms with E-state index in [2.05, 4.69) is 11.2 Å². The molecule has 0 aliphatic heterocycles. The van der Waals surface area contributed by atoms with Crippen molar-refractivity contribution >= 4 is 17.9 Å². The molecule has 0 heterocycles. The SMILES string of the molecule is C#CCN(CC)C(=O)NC(=O)CCCCC(=O)O. The number of urea groups is 1. The second-order valence-electron chi connectivity index (χ2n) is 3.67. The normalized spacial score (nSPS) is 9.33. The maximum Gasteiger partial charge on any atom is 0.324 e. The van der Waals surface area contributed by atoms with E-state index in [9.17, 15) is 14.4 Å². The second-order valence-corrected chi connectivity index (χ2v) is 3.67. The molecule has 0 aliphatic carbocycles. The molecule has 0 aromatic heterocycles. The minimum Gasteiger partial charge on any atom is -0.481 e. The Bertz CT molecular complexity index is 346. The minimum absolute atomic E-state index is 0.0272. The molecule has 0 saturated heterocycles. The van der Waals surface area contributed by atoms with Crippen LogP contribution in [0.5, 0.6) is 0 Å². The molecule has 18 heavy (non-hydrogen) atoms. The monoisotopic (exact) mass is 254 g/mol. The summed E-state index contributed by atoms with van der Waals surface area (Å²) in [5, 5.41) is 10.6. The van der Waals surface area contributed by atoms with Crippen LogP contribution in [0.15, 0.2) is 0 Å². The van der Waals surface area contributed by atoms with Crippen LogP contribution in [0.25, 0.3) is 0 Å². The van der Waals surface area contributed by atoms with Crippen molar-refractivity contribution in [2.24, 2.45) is 0 Å². The third-order valence-corrected chi connectivity index (χ3v) is 2.24. The predicted octanol–water partition coefficient (Wildman–Crippen LogP) is 0.823. The number of carboxylic acid groups (broad SMARTS) is 1. The average molecular weight is 254 g/mol. The van der Waals surface area contributed by atoms with Gasteiger partial charge in [-0.15, -0.1) is 6.42 Å². The van der Waals surface area contributed by atoms with Crippen LogP contribution in [-0.4, -0.2) is 41.0 Å². The van der Waals surface area contributed by atoms with Gasteiger partial charge in [0.1, 0.15) is 0 Å². The van der Waals surface area contributed by atoms with Gasteiger partial charge in [0.25, 0.3) is 0 Å². The summed E-state index contributed by atoms with van der Waals surface area (Å²) in [6.07, 6.45) is 6.10. The van der Waals surface area contributed by atoms with Crippen molar-refractivity contribution in [2.75, 3.05) is 13.1 Å². The molecule has 0 saturated carbocycles. The number of amides is 3. The number of hydrogen-bond donors (Lipinski definition) is 2. The number of carbonyl (C=O) groups excluding carboxylic acids is 2. The minimum atomic E-state index is -0.891. The Hall–Kier alpha value is -2.03. The molecule has 0 atom stereocenters. The van der Waals surface area contributed by atoms with Crippen LogP contribution in [0.2, 0.25) is 0 Å². The van der Waals surface area contributed by atoms with Crippen molar-refractivity contribution in [1.29, 1.82) is 0 Å². The first-order chi connectivity index (χ1) is 8.51. The number of carbonyl (C=O) groups is 3. The largest absolute Gasteiger partial charge is 0.481 e. The predicted molar refractivity (Wildman–Crippen MR) is 65.7 cm³/mol. The van der Waals surface area contributed by atoms with Crippen molar-refractivity contribution in [3.63, 3.8) is 0 Å². The van der Waals surface area contributed by atoms with Crippen LogP contribution in [0.4, 0.5) is 4.79 Å². The molecule has 6 heteroatoms. The lowest BCUT2D eigenvalue weighted by Gasteiger charge is -2.17. The number of unbranched alkanes of at least 4 members (excludes halogenated alkanes) is 1. The second kappa shape index (κ2) is 9.05. The Morgan fingerprint density at radius 2 is 1.89 bits per heavy atom. The number of hydrogen-bond acceptors (Lipinski definition) is 3. The molecule has 2 N–H and O–H groups in total. The lowest BCUT2D eigenvalue weighted by molar-refractivity contribution is -0.137. The van der Waals surface area contributed by atoms with Gasteiger partial charge < -0.3 is 10.0 Å². The number of imide groups is 1. The summed E-state index contributed by atoms with van der Waals surface area (Å²) in [6, 6.07) is -0.515. The highest BCUT2D eigenvalue weighted by Gasteiger charge is 2.13. The zero-order valence-corrected chi connectivity index (χ0v) is 10.4. The van der Waals surface area contributed by atoms with Gasteiger partial charge in [0.2, 0.25) is 5.91 Å². The van der Waals surface area contributed by atoms with Gasteiger partial charge in [-0.05, 0) is 19.8 Å². The third-order valence-electron chi connectivity index (χ3n) is 2.24. The van der Waals surface area contributed by atoms with Gasteiger partial charge in [-0.2, -0.15) is 0 Å². The first-order valence-corrected chi connectivity index (χ1v) is 5.75. The first kappa shape index (κ1) is 16.0. The molecule has 0 aromatic carbocycles. The van der Waals surface area contributed by atoms with Gasteiger partial charge in [-0.25, -0.2) is 4.79 Å². The highest BCUT2D eigenvalue weighted by atomic mass is 16.4. The summed E-state index contributed by atoms with van der Waals surface area (Å²) in [6.45, 7) is 2.32. The van der Waals surface area contributed by atoms with Crippen LogP contribution in [-0.2, 0) is 9.59 Å². The molecule has 0 aromatic rings. The molecule has 0 spiro atoms. The van der Waals surface area contributed by atoms with E-state index < -0.39 is 17.9 Å². The Morgan fingerprint density at radius 1 is 1.28 bits per heavy atom. The Morgan fingerprint density at radius 3 is 2.39 bits per heavy atom. The molecular formula is C12H18N2O4. The van der Waals surface area contributed by atoms with E-state index >= 15 is 0 Å². The average Bonchev–Trinajstić information content (AvgIpc) is 2.31. The molecule has 0 fully saturated rings. The first-order valence-electron chi connectivity index (χ1n) is 5.75. The van der Waals surface area contributed by atoms with Gasteiger partial charge >= 0.3 is 12.0 Å². The summed E-state index contributed by atoms with van der Waals surface area (Å²) in [4.78, 5) is 34.5. The molecular weight excluding hydrogens is 236 g/mol. The standard InChI is InChI=1S/C12H18N2O4/c1-3-9-14(4-2)12(18)13-10(15)7-5-6-8-11(16)17/h1H,4-9H2,2H3,(H,16,17)(H,13,15,18). The highest BCUT2D eigenvalue weighted by Crippen LogP contribution is 2.00. The van der Waals surface area contributed by atoms with Crippen LogP contribution in [0.1, 0.15) is 32.6 Å². The smallest absolute Gasteiger partial charge is 0.324 e. The summed E-state index contributed by atoms with van der Waals surface area (Å²) in [5.41, 5.74) is 0. The van der Waals surface area contributed by atoms with Crippen molar-refractivity contribution in [2.45, 2.75) is 32.6 Å². The van der Waals surface area contributed by atoms with Crippen molar-refractivity contribution < 1.29 is 19.5 Å². The van der Waals surface area contributed by atoms with E-state index in [0.29, 0.717) is 19.4 Å². The van der Waals surface area contributed by atoms with Gasteiger partial charge in [0.15, 0.2) is 0 Å². The fraction of sp³-hybridized carbons (Fsp3) is 0.583. The molecule has 0 unspecified atom stereocenters. The third kappa shape index (κ3) is 7.28. The Labute approximate surface area is 106 Å². The van der Waals surface area contributed by atoms with E-state index in [0.717, 1.165) is 0 Å². The van der Waals surface area contributed by atoms with Crippen molar-refractivity contribution in [3.8, 4) is 12.3 Å². The maximum atomic E-state index is 11.5. The Balaban J connectivity index is 3.90. The number of carboxylic acids is 1. The lowest BCUT2D eigenvalue weighted by atomic mass is 10.2. The molecule has 0 rings (SSSR count). The number of terminal acetylenes is 1. The summed E-state index contributed by atoms with van der Waals surface area (Å²) < 4.78 is 0. The van der Waals surface area contributed by atoms with E-state index in [1.165, 1.54) is 4.90 Å². The van der Waals surface area contributed by atoms with E-state index in [-0.39, 0.29) is 19.4 Å². The number of aliphatic carboxylic acids is 1. The van der Waals surface area contributed by atoms with Crippen molar-refractivity contribution in [1.82, 2.24) is 10.2 Å². The van der Waals surface area contributed by atoms with E-state index in [1.54, 1.807) is 6.92 Å². The van der Waals surface area contributed by atoms with Crippen LogP contribution >= 0.6 is 0 Å². The molecule has 0 bridgehead atoms. The van der Waals surface area contributed by atoms with E-state index in [1.807, 2.05) is 0 Å². The quantitative estimate of drug-likeness (QED) is 0.520. The zero-order valence-electron chi connectivity index (χ0n) is 10.4. The molecule has 0 aliphatic rings. The fourth-order valence-electron chi connectivity index (χ4n) is 1.26. The topological polar surface area (TPSA) is 86.7 Å².